The zero-order valence-electron chi connectivity index (χ0n) is 14.2. The summed E-state index contributed by atoms with van der Waals surface area (Å²) in [5.74, 6) is -0.862. The molecule has 0 fully saturated rings. The summed E-state index contributed by atoms with van der Waals surface area (Å²) in [5.41, 5.74) is 6.33. The molecular weight excluding hydrogens is 366 g/mol. The Bertz CT molecular complexity index is 1050. The second-order valence-corrected chi connectivity index (χ2v) is 5.76. The van der Waals surface area contributed by atoms with Gasteiger partial charge in [0.15, 0.2) is 6.61 Å². The number of tetrazole rings is 1. The molecule has 11 nitrogen and oxygen atoms in total. The maximum Gasteiger partial charge on any atom is 0.269 e. The highest BCUT2D eigenvalue weighted by atomic mass is 16.5. The molecule has 0 atom stereocenters. The number of anilines is 1. The summed E-state index contributed by atoms with van der Waals surface area (Å²) in [7, 11) is 0. The van der Waals surface area contributed by atoms with E-state index in [1.165, 1.54) is 23.1 Å². The fourth-order valence-corrected chi connectivity index (χ4v) is 2.53. The van der Waals surface area contributed by atoms with Gasteiger partial charge in [-0.2, -0.15) is 0 Å². The summed E-state index contributed by atoms with van der Waals surface area (Å²) in [4.78, 5) is 35.8. The zero-order chi connectivity index (χ0) is 19.5. The molecule has 3 N–H and O–H groups in total. The minimum absolute atomic E-state index is 0.0686. The molecule has 0 unspecified atom stereocenters. The lowest BCUT2D eigenvalue weighted by Gasteiger charge is -2.18. The summed E-state index contributed by atoms with van der Waals surface area (Å²) in [5, 5.41) is 13.4. The van der Waals surface area contributed by atoms with Crippen molar-refractivity contribution < 1.29 is 19.1 Å². The SMILES string of the molecule is O=C1COc2ccc(C(=O)NNC(=O)c3ccc(-n4cnnn4)cc3)cc2N1. The van der Waals surface area contributed by atoms with Gasteiger partial charge in [0.2, 0.25) is 0 Å². The number of rotatable bonds is 3. The third-order valence-electron chi connectivity index (χ3n) is 3.91. The maximum atomic E-state index is 12.3. The standard InChI is InChI=1S/C17H13N7O4/c25-15-8-28-14-6-3-11(7-13(14)19-15)17(27)21-20-16(26)10-1-4-12(5-2-10)24-9-18-22-23-24/h1-7,9H,8H2,(H,19,25)(H,20,26)(H,21,27). The van der Waals surface area contributed by atoms with Gasteiger partial charge in [0, 0.05) is 11.1 Å². The molecule has 140 valence electrons. The summed E-state index contributed by atoms with van der Waals surface area (Å²) in [6.45, 7) is -0.0686. The summed E-state index contributed by atoms with van der Waals surface area (Å²) >= 11 is 0. The van der Waals surface area contributed by atoms with E-state index in [0.29, 0.717) is 22.7 Å². The average Bonchev–Trinajstić information content (AvgIpc) is 3.26. The third kappa shape index (κ3) is 3.49. The number of carbonyl (C=O) groups excluding carboxylic acids is 3. The van der Waals surface area contributed by atoms with Gasteiger partial charge in [-0.3, -0.25) is 25.2 Å². The van der Waals surface area contributed by atoms with Crippen LogP contribution in [-0.2, 0) is 4.79 Å². The van der Waals surface area contributed by atoms with Gasteiger partial charge >= 0.3 is 0 Å². The molecule has 1 aromatic heterocycles. The molecular formula is C17H13N7O4. The van der Waals surface area contributed by atoms with E-state index in [1.807, 2.05) is 0 Å². The van der Waals surface area contributed by atoms with Crippen molar-refractivity contribution >= 4 is 23.4 Å². The van der Waals surface area contributed by atoms with E-state index in [4.69, 9.17) is 4.74 Å². The van der Waals surface area contributed by atoms with Crippen LogP contribution in [-0.4, -0.2) is 44.5 Å². The molecule has 0 saturated heterocycles. The lowest BCUT2D eigenvalue weighted by molar-refractivity contribution is -0.118. The van der Waals surface area contributed by atoms with Crippen molar-refractivity contribution in [1.29, 1.82) is 0 Å². The molecule has 11 heteroatoms. The molecule has 3 amide bonds. The van der Waals surface area contributed by atoms with E-state index >= 15 is 0 Å². The topological polar surface area (TPSA) is 140 Å². The number of nitrogens with zero attached hydrogens (tertiary/aromatic N) is 4. The van der Waals surface area contributed by atoms with Crippen molar-refractivity contribution in [2.75, 3.05) is 11.9 Å². The van der Waals surface area contributed by atoms with Crippen LogP contribution in [0.3, 0.4) is 0 Å². The lowest BCUT2D eigenvalue weighted by atomic mass is 10.1. The Kier molecular flexibility index (Phi) is 4.38. The van der Waals surface area contributed by atoms with Crippen molar-refractivity contribution in [3.8, 4) is 11.4 Å². The van der Waals surface area contributed by atoms with Crippen LogP contribution in [0.15, 0.2) is 48.8 Å². The Balaban J connectivity index is 1.39. The first-order valence-corrected chi connectivity index (χ1v) is 8.11. The normalized spacial score (nSPS) is 12.4. The molecule has 2 aromatic carbocycles. The quantitative estimate of drug-likeness (QED) is 0.547. The van der Waals surface area contributed by atoms with Gasteiger partial charge in [0.1, 0.15) is 12.1 Å². The highest BCUT2D eigenvalue weighted by Gasteiger charge is 2.18. The number of hydrogen-bond acceptors (Lipinski definition) is 7. The number of carbonyl (C=O) groups is 3. The minimum atomic E-state index is -0.540. The Morgan fingerprint density at radius 3 is 2.46 bits per heavy atom. The minimum Gasteiger partial charge on any atom is -0.482 e. The zero-order valence-corrected chi connectivity index (χ0v) is 14.2. The molecule has 1 aliphatic heterocycles. The van der Waals surface area contributed by atoms with Crippen LogP contribution in [0.5, 0.6) is 5.75 Å². The second kappa shape index (κ2) is 7.15. The highest BCUT2D eigenvalue weighted by Crippen LogP contribution is 2.28. The number of nitrogens with one attached hydrogen (secondary N) is 3. The molecule has 4 rings (SSSR count). The van der Waals surface area contributed by atoms with Gasteiger partial charge in [0.05, 0.1) is 11.4 Å². The fraction of sp³-hybridized carbons (Fsp3) is 0.0588. The van der Waals surface area contributed by atoms with Gasteiger partial charge in [-0.25, -0.2) is 4.68 Å². The maximum absolute atomic E-state index is 12.3. The van der Waals surface area contributed by atoms with Gasteiger partial charge < -0.3 is 10.1 Å². The van der Waals surface area contributed by atoms with Gasteiger partial charge in [-0.05, 0) is 52.9 Å². The van der Waals surface area contributed by atoms with E-state index in [2.05, 4.69) is 31.7 Å². The van der Waals surface area contributed by atoms with Crippen molar-refractivity contribution in [3.05, 3.63) is 59.9 Å². The Morgan fingerprint density at radius 2 is 1.75 bits per heavy atom. The average molecular weight is 379 g/mol. The van der Waals surface area contributed by atoms with Crippen molar-refractivity contribution in [1.82, 2.24) is 31.1 Å². The highest BCUT2D eigenvalue weighted by molar-refractivity contribution is 6.01. The summed E-state index contributed by atoms with van der Waals surface area (Å²) < 4.78 is 6.68. The molecule has 2 heterocycles. The smallest absolute Gasteiger partial charge is 0.269 e. The van der Waals surface area contributed by atoms with E-state index in [-0.39, 0.29) is 18.1 Å². The van der Waals surface area contributed by atoms with Crippen LogP contribution in [0.1, 0.15) is 20.7 Å². The van der Waals surface area contributed by atoms with Crippen LogP contribution in [0, 0.1) is 0 Å². The first-order chi connectivity index (χ1) is 13.6. The molecule has 0 saturated carbocycles. The van der Waals surface area contributed by atoms with E-state index in [9.17, 15) is 14.4 Å². The van der Waals surface area contributed by atoms with Gasteiger partial charge in [0.25, 0.3) is 17.7 Å². The van der Waals surface area contributed by atoms with Crippen molar-refractivity contribution in [2.45, 2.75) is 0 Å². The number of hydrogen-bond donors (Lipinski definition) is 3. The van der Waals surface area contributed by atoms with Crippen molar-refractivity contribution in [2.24, 2.45) is 0 Å². The predicted octanol–water partition coefficient (Wildman–Crippen LogP) is 0.0680. The van der Waals surface area contributed by atoms with Crippen LogP contribution >= 0.6 is 0 Å². The van der Waals surface area contributed by atoms with Crippen LogP contribution in [0.4, 0.5) is 5.69 Å². The van der Waals surface area contributed by atoms with Gasteiger partial charge in [-0.15, -0.1) is 5.10 Å². The number of ether oxygens (including phenoxy) is 1. The number of benzene rings is 2. The molecule has 1 aliphatic rings. The van der Waals surface area contributed by atoms with Crippen LogP contribution in [0.2, 0.25) is 0 Å². The van der Waals surface area contributed by atoms with E-state index in [1.54, 1.807) is 30.3 Å². The van der Waals surface area contributed by atoms with E-state index < -0.39 is 11.8 Å². The fourth-order valence-electron chi connectivity index (χ4n) is 2.53. The van der Waals surface area contributed by atoms with Crippen molar-refractivity contribution in [3.63, 3.8) is 0 Å². The first-order valence-electron chi connectivity index (χ1n) is 8.11. The summed E-state index contributed by atoms with van der Waals surface area (Å²) in [6.07, 6.45) is 1.43. The molecule has 3 aromatic rings. The van der Waals surface area contributed by atoms with Crippen LogP contribution in [0.25, 0.3) is 5.69 Å². The number of amides is 3. The largest absolute Gasteiger partial charge is 0.482 e. The lowest BCUT2D eigenvalue weighted by Crippen LogP contribution is -2.41. The number of fused-ring (bicyclic) bond motifs is 1. The number of hydrazine groups is 1. The Hall–Kier alpha value is -4.28. The second-order valence-electron chi connectivity index (χ2n) is 5.76. The molecule has 0 bridgehead atoms. The Labute approximate surface area is 157 Å². The molecule has 28 heavy (non-hydrogen) atoms. The molecule has 0 radical (unpaired) electrons. The third-order valence-corrected chi connectivity index (χ3v) is 3.91. The summed E-state index contributed by atoms with van der Waals surface area (Å²) in [6, 6.07) is 11.0. The Morgan fingerprint density at radius 1 is 1.04 bits per heavy atom. The van der Waals surface area contributed by atoms with E-state index in [0.717, 1.165) is 0 Å². The van der Waals surface area contributed by atoms with Crippen LogP contribution < -0.4 is 20.9 Å². The predicted molar refractivity (Wildman–Crippen MR) is 94.7 cm³/mol. The first kappa shape index (κ1) is 17.1. The molecule has 0 spiro atoms. The monoisotopic (exact) mass is 379 g/mol. The van der Waals surface area contributed by atoms with Gasteiger partial charge in [-0.1, -0.05) is 0 Å². The molecule has 0 aliphatic carbocycles. The number of aromatic nitrogens is 4.